The second-order valence-electron chi connectivity index (χ2n) is 5.35. The van der Waals surface area contributed by atoms with E-state index in [1.165, 1.54) is 17.2 Å². The van der Waals surface area contributed by atoms with E-state index in [-0.39, 0.29) is 5.58 Å². The molecule has 3 rings (SSSR count). The van der Waals surface area contributed by atoms with Crippen molar-refractivity contribution in [3.63, 3.8) is 0 Å². The monoisotopic (exact) mass is 284 g/mol. The molecule has 0 saturated carbocycles. The lowest BCUT2D eigenvalue weighted by molar-refractivity contribution is 0.142. The second kappa shape index (κ2) is 5.70. The van der Waals surface area contributed by atoms with E-state index in [2.05, 4.69) is 24.3 Å². The lowest BCUT2D eigenvalue weighted by Crippen LogP contribution is -1.98. The summed E-state index contributed by atoms with van der Waals surface area (Å²) in [5.41, 5.74) is 2.59. The summed E-state index contributed by atoms with van der Waals surface area (Å²) in [5.74, 6) is 0.0201. The lowest BCUT2D eigenvalue weighted by Gasteiger charge is -2.07. The summed E-state index contributed by atoms with van der Waals surface area (Å²) in [4.78, 5) is 0. The zero-order valence-corrected chi connectivity index (χ0v) is 11.8. The zero-order valence-electron chi connectivity index (χ0n) is 11.8. The van der Waals surface area contributed by atoms with E-state index < -0.39 is 11.9 Å². The molecule has 1 aromatic heterocycles. The Morgan fingerprint density at radius 3 is 2.62 bits per heavy atom. The number of hydrogen-bond donors (Lipinski definition) is 1. The fraction of sp³-hybridized carbons (Fsp3) is 0.222. The van der Waals surface area contributed by atoms with Gasteiger partial charge in [-0.25, -0.2) is 4.39 Å². The zero-order chi connectivity index (χ0) is 14.8. The first kappa shape index (κ1) is 13.8. The highest BCUT2D eigenvalue weighted by Crippen LogP contribution is 2.28. The van der Waals surface area contributed by atoms with Crippen LogP contribution in [-0.2, 0) is 6.42 Å². The average molecular weight is 284 g/mol. The van der Waals surface area contributed by atoms with E-state index in [0.717, 1.165) is 6.42 Å². The molecule has 21 heavy (non-hydrogen) atoms. The van der Waals surface area contributed by atoms with Crippen molar-refractivity contribution in [1.29, 1.82) is 0 Å². The number of aliphatic hydroxyl groups excluding tert-OH is 1. The number of rotatable bonds is 4. The third kappa shape index (κ3) is 2.98. The maximum atomic E-state index is 13.6. The maximum Gasteiger partial charge on any atom is 0.170 e. The number of hydrogen-bond acceptors (Lipinski definition) is 2. The van der Waals surface area contributed by atoms with Gasteiger partial charge < -0.3 is 9.52 Å². The van der Waals surface area contributed by atoms with Crippen molar-refractivity contribution in [3.05, 3.63) is 71.2 Å². The molecule has 0 aliphatic rings. The molecule has 2 aromatic carbocycles. The van der Waals surface area contributed by atoms with E-state index in [4.69, 9.17) is 4.42 Å². The summed E-state index contributed by atoms with van der Waals surface area (Å²) in [6.07, 6.45) is 0.573. The summed E-state index contributed by atoms with van der Waals surface area (Å²) in [5, 5.41) is 10.9. The number of aryl methyl sites for hydroxylation is 2. The molecule has 1 N–H and O–H groups in total. The Bertz CT molecular complexity index is 744. The van der Waals surface area contributed by atoms with Gasteiger partial charge in [0, 0.05) is 5.39 Å². The normalized spacial score (nSPS) is 12.7. The van der Waals surface area contributed by atoms with Gasteiger partial charge in [-0.2, -0.15) is 0 Å². The van der Waals surface area contributed by atoms with Crippen LogP contribution in [0.2, 0.25) is 0 Å². The molecule has 0 aliphatic carbocycles. The minimum Gasteiger partial charge on any atom is -0.455 e. The Balaban J connectivity index is 1.73. The fourth-order valence-electron chi connectivity index (χ4n) is 2.41. The maximum absolute atomic E-state index is 13.6. The Morgan fingerprint density at radius 2 is 1.90 bits per heavy atom. The number of aliphatic hydroxyl groups is 1. The molecule has 1 atom stereocenters. The van der Waals surface area contributed by atoms with Crippen molar-refractivity contribution in [2.24, 2.45) is 0 Å². The average Bonchev–Trinajstić information content (AvgIpc) is 2.92. The van der Waals surface area contributed by atoms with Crippen LogP contribution in [-0.4, -0.2) is 5.11 Å². The standard InChI is InChI=1S/C18H17FO2/c1-12-5-7-13(8-6-12)9-10-16(20)17-11-14-3-2-4-15(19)18(14)21-17/h2-8,11,16,20H,9-10H2,1H3. The van der Waals surface area contributed by atoms with E-state index in [0.29, 0.717) is 17.6 Å². The van der Waals surface area contributed by atoms with Gasteiger partial charge in [0.05, 0.1) is 0 Å². The van der Waals surface area contributed by atoms with Crippen LogP contribution < -0.4 is 0 Å². The van der Waals surface area contributed by atoms with Gasteiger partial charge in [-0.3, -0.25) is 0 Å². The number of furan rings is 1. The van der Waals surface area contributed by atoms with Crippen LogP contribution >= 0.6 is 0 Å². The summed E-state index contributed by atoms with van der Waals surface area (Å²) < 4.78 is 19.0. The van der Waals surface area contributed by atoms with E-state index in [9.17, 15) is 9.50 Å². The Labute approximate surface area is 122 Å². The topological polar surface area (TPSA) is 33.4 Å². The Morgan fingerprint density at radius 1 is 1.14 bits per heavy atom. The molecule has 1 heterocycles. The van der Waals surface area contributed by atoms with Gasteiger partial charge in [0.25, 0.3) is 0 Å². The molecule has 0 spiro atoms. The summed E-state index contributed by atoms with van der Waals surface area (Å²) >= 11 is 0. The van der Waals surface area contributed by atoms with Gasteiger partial charge in [0.2, 0.25) is 0 Å². The van der Waals surface area contributed by atoms with Crippen molar-refractivity contribution in [3.8, 4) is 0 Å². The quantitative estimate of drug-likeness (QED) is 0.762. The molecule has 0 amide bonds. The van der Waals surface area contributed by atoms with E-state index in [1.54, 1.807) is 18.2 Å². The Hall–Kier alpha value is -2.13. The van der Waals surface area contributed by atoms with Crippen molar-refractivity contribution in [1.82, 2.24) is 0 Å². The van der Waals surface area contributed by atoms with Crippen LogP contribution in [0.3, 0.4) is 0 Å². The van der Waals surface area contributed by atoms with Crippen LogP contribution in [0, 0.1) is 12.7 Å². The molecule has 108 valence electrons. The molecule has 1 unspecified atom stereocenters. The van der Waals surface area contributed by atoms with Crippen LogP contribution in [0.15, 0.2) is 52.9 Å². The van der Waals surface area contributed by atoms with Gasteiger partial charge >= 0.3 is 0 Å². The van der Waals surface area contributed by atoms with Crippen molar-refractivity contribution in [2.75, 3.05) is 0 Å². The number of fused-ring (bicyclic) bond motifs is 1. The molecule has 3 heteroatoms. The number of para-hydroxylation sites is 1. The first-order valence-electron chi connectivity index (χ1n) is 7.05. The third-order valence-electron chi connectivity index (χ3n) is 3.67. The molecule has 0 aliphatic heterocycles. The smallest absolute Gasteiger partial charge is 0.170 e. The molecule has 3 aromatic rings. The van der Waals surface area contributed by atoms with Gasteiger partial charge in [-0.05, 0) is 37.5 Å². The predicted molar refractivity (Wildman–Crippen MR) is 80.6 cm³/mol. The molecule has 0 fully saturated rings. The lowest BCUT2D eigenvalue weighted by atomic mass is 10.0. The van der Waals surface area contributed by atoms with Gasteiger partial charge in [-0.1, -0.05) is 42.0 Å². The van der Waals surface area contributed by atoms with Crippen molar-refractivity contribution in [2.45, 2.75) is 25.9 Å². The molecule has 0 bridgehead atoms. The highest BCUT2D eigenvalue weighted by Gasteiger charge is 2.15. The fourth-order valence-corrected chi connectivity index (χ4v) is 2.41. The Kier molecular flexibility index (Phi) is 3.76. The van der Waals surface area contributed by atoms with E-state index >= 15 is 0 Å². The minimum absolute atomic E-state index is 0.210. The first-order valence-corrected chi connectivity index (χ1v) is 7.05. The summed E-state index contributed by atoms with van der Waals surface area (Å²) in [6, 6.07) is 14.7. The van der Waals surface area contributed by atoms with Crippen molar-refractivity contribution < 1.29 is 13.9 Å². The van der Waals surface area contributed by atoms with E-state index in [1.807, 2.05) is 6.92 Å². The largest absolute Gasteiger partial charge is 0.455 e. The summed E-state index contributed by atoms with van der Waals surface area (Å²) in [6.45, 7) is 2.04. The number of benzene rings is 2. The van der Waals surface area contributed by atoms with Crippen LogP contribution in [0.25, 0.3) is 11.0 Å². The molecular formula is C18H17FO2. The molecule has 2 nitrogen and oxygen atoms in total. The summed E-state index contributed by atoms with van der Waals surface area (Å²) in [7, 11) is 0. The van der Waals surface area contributed by atoms with Gasteiger partial charge in [0.15, 0.2) is 11.4 Å². The van der Waals surface area contributed by atoms with Gasteiger partial charge in [-0.15, -0.1) is 0 Å². The highest BCUT2D eigenvalue weighted by atomic mass is 19.1. The predicted octanol–water partition coefficient (Wildman–Crippen LogP) is 4.55. The molecule has 0 saturated heterocycles. The molecular weight excluding hydrogens is 267 g/mol. The third-order valence-corrected chi connectivity index (χ3v) is 3.67. The van der Waals surface area contributed by atoms with Crippen LogP contribution in [0.4, 0.5) is 4.39 Å². The highest BCUT2D eigenvalue weighted by molar-refractivity contribution is 5.78. The van der Waals surface area contributed by atoms with Gasteiger partial charge in [0.1, 0.15) is 11.9 Å². The minimum atomic E-state index is -0.724. The SMILES string of the molecule is Cc1ccc(CCC(O)c2cc3cccc(F)c3o2)cc1. The second-order valence-corrected chi connectivity index (χ2v) is 5.35. The number of halogens is 1. The molecule has 0 radical (unpaired) electrons. The van der Waals surface area contributed by atoms with Crippen LogP contribution in [0.1, 0.15) is 29.4 Å². The first-order chi connectivity index (χ1) is 10.1. The van der Waals surface area contributed by atoms with Crippen LogP contribution in [0.5, 0.6) is 0 Å². The van der Waals surface area contributed by atoms with Crippen molar-refractivity contribution >= 4 is 11.0 Å².